The van der Waals surface area contributed by atoms with E-state index in [1.165, 1.54) is 10.9 Å². The summed E-state index contributed by atoms with van der Waals surface area (Å²) in [5.41, 5.74) is 0.187. The third kappa shape index (κ3) is 2.79. The van der Waals surface area contributed by atoms with Gasteiger partial charge in [-0.15, -0.1) is 0 Å². The Kier molecular flexibility index (Phi) is 4.02. The smallest absolute Gasteiger partial charge is 0.343 e. The van der Waals surface area contributed by atoms with E-state index in [1.807, 2.05) is 0 Å². The summed E-state index contributed by atoms with van der Waals surface area (Å²) >= 11 is 0. The molecule has 2 amide bonds. The van der Waals surface area contributed by atoms with Gasteiger partial charge in [-0.25, -0.2) is 4.79 Å². The summed E-state index contributed by atoms with van der Waals surface area (Å²) in [7, 11) is 1.60. The summed E-state index contributed by atoms with van der Waals surface area (Å²) in [5, 5.41) is 9.10. The molecule has 108 valence electrons. The molecule has 1 saturated heterocycles. The Labute approximate surface area is 115 Å². The Morgan fingerprint density at radius 3 is 2.95 bits per heavy atom. The Hall–Kier alpha value is -2.38. The molecule has 0 radical (unpaired) electrons. The fourth-order valence-corrected chi connectivity index (χ4v) is 1.96. The van der Waals surface area contributed by atoms with Gasteiger partial charge in [0.05, 0.1) is 12.8 Å². The van der Waals surface area contributed by atoms with Crippen molar-refractivity contribution in [1.29, 1.82) is 0 Å². The summed E-state index contributed by atoms with van der Waals surface area (Å²) in [5.74, 6) is -0.813. The second kappa shape index (κ2) is 5.72. The van der Waals surface area contributed by atoms with Gasteiger partial charge in [0, 0.05) is 13.5 Å². The van der Waals surface area contributed by atoms with E-state index in [-0.39, 0.29) is 29.8 Å². The van der Waals surface area contributed by atoms with Crippen molar-refractivity contribution in [2.24, 2.45) is 7.05 Å². The molecule has 1 unspecified atom stereocenters. The van der Waals surface area contributed by atoms with Gasteiger partial charge in [0.1, 0.15) is 17.4 Å². The first-order chi connectivity index (χ1) is 9.52. The molecule has 0 spiro atoms. The van der Waals surface area contributed by atoms with Crippen LogP contribution in [0.1, 0.15) is 30.1 Å². The number of hydrogen-bond acceptors (Lipinski definition) is 5. The number of ether oxygens (including phenoxy) is 1. The largest absolute Gasteiger partial charge is 0.462 e. The molecular formula is C12H16N4O4. The molecule has 1 fully saturated rings. The quantitative estimate of drug-likeness (QED) is 0.744. The zero-order chi connectivity index (χ0) is 14.7. The molecule has 0 bridgehead atoms. The molecule has 2 N–H and O–H groups in total. The van der Waals surface area contributed by atoms with Crippen LogP contribution in [0.5, 0.6) is 0 Å². The molecule has 0 aromatic carbocycles. The highest BCUT2D eigenvalue weighted by Gasteiger charge is 2.29. The van der Waals surface area contributed by atoms with E-state index in [9.17, 15) is 14.4 Å². The lowest BCUT2D eigenvalue weighted by molar-refractivity contribution is -0.122. The van der Waals surface area contributed by atoms with Gasteiger partial charge in [0.2, 0.25) is 11.8 Å². The summed E-state index contributed by atoms with van der Waals surface area (Å²) in [6, 6.07) is -0.576. The SMILES string of the molecule is CCOC(=O)c1cnn(C)c1NC(=O)C1CCC(=O)N1. The van der Waals surface area contributed by atoms with Gasteiger partial charge < -0.3 is 15.4 Å². The Morgan fingerprint density at radius 1 is 1.60 bits per heavy atom. The van der Waals surface area contributed by atoms with Crippen molar-refractivity contribution in [3.05, 3.63) is 11.8 Å². The lowest BCUT2D eigenvalue weighted by Gasteiger charge is -2.12. The number of carbonyl (C=O) groups is 3. The normalized spacial score (nSPS) is 17.7. The van der Waals surface area contributed by atoms with Crippen LogP contribution < -0.4 is 10.6 Å². The Balaban J connectivity index is 2.12. The van der Waals surface area contributed by atoms with Crippen LogP contribution in [0.4, 0.5) is 5.82 Å². The predicted molar refractivity (Wildman–Crippen MR) is 69.0 cm³/mol. The van der Waals surface area contributed by atoms with Gasteiger partial charge in [0.15, 0.2) is 0 Å². The predicted octanol–water partition coefficient (Wildman–Crippen LogP) is -0.186. The van der Waals surface area contributed by atoms with E-state index in [2.05, 4.69) is 15.7 Å². The maximum Gasteiger partial charge on any atom is 0.343 e. The topological polar surface area (TPSA) is 102 Å². The van der Waals surface area contributed by atoms with E-state index < -0.39 is 12.0 Å². The van der Waals surface area contributed by atoms with Gasteiger partial charge >= 0.3 is 5.97 Å². The van der Waals surface area contributed by atoms with Crippen molar-refractivity contribution in [2.45, 2.75) is 25.8 Å². The van der Waals surface area contributed by atoms with E-state index in [4.69, 9.17) is 4.74 Å². The molecule has 1 atom stereocenters. The van der Waals surface area contributed by atoms with E-state index in [0.717, 1.165) is 0 Å². The first-order valence-electron chi connectivity index (χ1n) is 6.32. The lowest BCUT2D eigenvalue weighted by atomic mass is 10.2. The zero-order valence-electron chi connectivity index (χ0n) is 11.3. The third-order valence-corrected chi connectivity index (χ3v) is 2.99. The minimum Gasteiger partial charge on any atom is -0.462 e. The standard InChI is InChI=1S/C12H16N4O4/c1-3-20-12(19)7-6-13-16(2)10(7)15-11(18)8-4-5-9(17)14-8/h6,8H,3-5H2,1-2H3,(H,14,17)(H,15,18). The molecule has 0 saturated carbocycles. The van der Waals surface area contributed by atoms with Crippen molar-refractivity contribution in [3.8, 4) is 0 Å². The highest BCUT2D eigenvalue weighted by atomic mass is 16.5. The maximum atomic E-state index is 12.0. The highest BCUT2D eigenvalue weighted by molar-refractivity contribution is 6.03. The fraction of sp³-hybridized carbons (Fsp3) is 0.500. The van der Waals surface area contributed by atoms with Gasteiger partial charge in [-0.3, -0.25) is 14.3 Å². The number of rotatable bonds is 4. The second-order valence-electron chi connectivity index (χ2n) is 4.40. The minimum absolute atomic E-state index is 0.152. The molecule has 1 aliphatic heterocycles. The minimum atomic E-state index is -0.576. The van der Waals surface area contributed by atoms with E-state index in [0.29, 0.717) is 12.8 Å². The summed E-state index contributed by atoms with van der Waals surface area (Å²) in [6.45, 7) is 1.93. The Bertz CT molecular complexity index is 552. The molecule has 2 heterocycles. The highest BCUT2D eigenvalue weighted by Crippen LogP contribution is 2.17. The summed E-state index contributed by atoms with van der Waals surface area (Å²) < 4.78 is 6.27. The van der Waals surface area contributed by atoms with Crippen molar-refractivity contribution in [1.82, 2.24) is 15.1 Å². The van der Waals surface area contributed by atoms with Gasteiger partial charge in [0.25, 0.3) is 0 Å². The number of nitrogens with zero attached hydrogens (tertiary/aromatic N) is 2. The van der Waals surface area contributed by atoms with Crippen LogP contribution >= 0.6 is 0 Å². The molecule has 1 aromatic rings. The van der Waals surface area contributed by atoms with Gasteiger partial charge in [-0.05, 0) is 13.3 Å². The average molecular weight is 280 g/mol. The van der Waals surface area contributed by atoms with Crippen LogP contribution in [-0.2, 0) is 21.4 Å². The zero-order valence-corrected chi connectivity index (χ0v) is 11.3. The maximum absolute atomic E-state index is 12.0. The molecule has 20 heavy (non-hydrogen) atoms. The number of hydrogen-bond donors (Lipinski definition) is 2. The van der Waals surface area contributed by atoms with Crippen LogP contribution in [-0.4, -0.2) is 40.2 Å². The van der Waals surface area contributed by atoms with Crippen LogP contribution in [0.15, 0.2) is 6.20 Å². The molecular weight excluding hydrogens is 264 g/mol. The van der Waals surface area contributed by atoms with Crippen molar-refractivity contribution in [3.63, 3.8) is 0 Å². The van der Waals surface area contributed by atoms with E-state index in [1.54, 1.807) is 14.0 Å². The first kappa shape index (κ1) is 14.0. The number of aromatic nitrogens is 2. The molecule has 1 aromatic heterocycles. The Morgan fingerprint density at radius 2 is 2.35 bits per heavy atom. The number of carbonyl (C=O) groups excluding carboxylic acids is 3. The van der Waals surface area contributed by atoms with Crippen LogP contribution in [0, 0.1) is 0 Å². The monoisotopic (exact) mass is 280 g/mol. The molecule has 0 aliphatic carbocycles. The summed E-state index contributed by atoms with van der Waals surface area (Å²) in [6.07, 6.45) is 2.10. The molecule has 1 aliphatic rings. The van der Waals surface area contributed by atoms with Crippen molar-refractivity contribution in [2.75, 3.05) is 11.9 Å². The molecule has 8 nitrogen and oxygen atoms in total. The average Bonchev–Trinajstić information content (AvgIpc) is 2.98. The van der Waals surface area contributed by atoms with E-state index >= 15 is 0 Å². The number of anilines is 1. The summed E-state index contributed by atoms with van der Waals surface area (Å²) in [4.78, 5) is 34.9. The van der Waals surface area contributed by atoms with Gasteiger partial charge in [-0.2, -0.15) is 5.10 Å². The number of aryl methyl sites for hydroxylation is 1. The fourth-order valence-electron chi connectivity index (χ4n) is 1.96. The number of esters is 1. The lowest BCUT2D eigenvalue weighted by Crippen LogP contribution is -2.38. The second-order valence-corrected chi connectivity index (χ2v) is 4.40. The van der Waals surface area contributed by atoms with Crippen molar-refractivity contribution >= 4 is 23.6 Å². The van der Waals surface area contributed by atoms with Crippen LogP contribution in [0.3, 0.4) is 0 Å². The van der Waals surface area contributed by atoms with Crippen molar-refractivity contribution < 1.29 is 19.1 Å². The first-order valence-corrected chi connectivity index (χ1v) is 6.32. The van der Waals surface area contributed by atoms with Gasteiger partial charge in [-0.1, -0.05) is 0 Å². The molecule has 2 rings (SSSR count). The van der Waals surface area contributed by atoms with Crippen LogP contribution in [0.2, 0.25) is 0 Å². The van der Waals surface area contributed by atoms with Crippen LogP contribution in [0.25, 0.3) is 0 Å². The number of amides is 2. The number of nitrogens with one attached hydrogen (secondary N) is 2. The third-order valence-electron chi connectivity index (χ3n) is 2.99. The molecule has 8 heteroatoms.